The molecule has 3 amide bonds. The zero-order valence-electron chi connectivity index (χ0n) is 18.7. The Balaban J connectivity index is 1.70. The molecule has 1 aliphatic rings. The number of fused-ring (bicyclic) bond motifs is 1. The fourth-order valence-electron chi connectivity index (χ4n) is 3.56. The monoisotopic (exact) mass is 441 g/mol. The minimum Gasteiger partial charge on any atom is -0.444 e. The number of halogens is 1. The molecule has 0 saturated heterocycles. The van der Waals surface area contributed by atoms with Crippen LogP contribution in [0.25, 0.3) is 0 Å². The quantitative estimate of drug-likeness (QED) is 0.746. The van der Waals surface area contributed by atoms with Gasteiger partial charge in [-0.2, -0.15) is 0 Å². The van der Waals surface area contributed by atoms with Gasteiger partial charge in [-0.1, -0.05) is 18.2 Å². The van der Waals surface area contributed by atoms with Gasteiger partial charge in [0, 0.05) is 32.1 Å². The number of likely N-dealkylation sites (N-methyl/N-ethyl adjacent to an activating group) is 1. The average molecular weight is 442 g/mol. The Labute approximate surface area is 186 Å². The van der Waals surface area contributed by atoms with Gasteiger partial charge in [0.2, 0.25) is 5.91 Å². The molecule has 8 heteroatoms. The van der Waals surface area contributed by atoms with Crippen LogP contribution >= 0.6 is 0 Å². The zero-order valence-corrected chi connectivity index (χ0v) is 18.7. The van der Waals surface area contributed by atoms with E-state index < -0.39 is 17.7 Å². The number of carbonyl (C=O) groups is 3. The van der Waals surface area contributed by atoms with E-state index in [-0.39, 0.29) is 24.1 Å². The van der Waals surface area contributed by atoms with Crippen LogP contribution < -0.4 is 10.6 Å². The van der Waals surface area contributed by atoms with E-state index in [0.717, 1.165) is 16.7 Å². The Morgan fingerprint density at radius 1 is 1.06 bits per heavy atom. The number of benzene rings is 2. The van der Waals surface area contributed by atoms with Crippen molar-refractivity contribution in [2.75, 3.05) is 7.05 Å². The van der Waals surface area contributed by atoms with E-state index in [1.54, 1.807) is 25.7 Å². The number of carbonyl (C=O) groups excluding carboxylic acids is 3. The van der Waals surface area contributed by atoms with Gasteiger partial charge < -0.3 is 20.3 Å². The van der Waals surface area contributed by atoms with Gasteiger partial charge in [-0.3, -0.25) is 9.59 Å². The van der Waals surface area contributed by atoms with Crippen molar-refractivity contribution in [3.05, 3.63) is 70.5 Å². The SMILES string of the molecule is CNC(=O)[C@H](Cc1ccc2c(c1)CN(C(=O)c1ccc(F)cc1)C2)NC(=O)OC(C)(C)C. The average Bonchev–Trinajstić information content (AvgIpc) is 3.14. The lowest BCUT2D eigenvalue weighted by Crippen LogP contribution is -2.48. The highest BCUT2D eigenvalue weighted by Crippen LogP contribution is 2.26. The van der Waals surface area contributed by atoms with Crippen LogP contribution in [0.1, 0.15) is 47.8 Å². The van der Waals surface area contributed by atoms with Crippen LogP contribution in [0, 0.1) is 5.82 Å². The van der Waals surface area contributed by atoms with Gasteiger partial charge in [-0.05, 0) is 61.7 Å². The maximum Gasteiger partial charge on any atom is 0.408 e. The second-order valence-corrected chi connectivity index (χ2v) is 8.79. The molecule has 0 fully saturated rings. The van der Waals surface area contributed by atoms with Crippen LogP contribution in [-0.2, 0) is 29.0 Å². The molecule has 0 aromatic heterocycles. The van der Waals surface area contributed by atoms with E-state index >= 15 is 0 Å². The summed E-state index contributed by atoms with van der Waals surface area (Å²) < 4.78 is 18.4. The van der Waals surface area contributed by atoms with Crippen LogP contribution in [-0.4, -0.2) is 41.5 Å². The van der Waals surface area contributed by atoms with E-state index in [9.17, 15) is 18.8 Å². The molecule has 0 aliphatic carbocycles. The first-order chi connectivity index (χ1) is 15.1. The Morgan fingerprint density at radius 2 is 1.72 bits per heavy atom. The Bertz CT molecular complexity index is 1010. The minimum absolute atomic E-state index is 0.169. The summed E-state index contributed by atoms with van der Waals surface area (Å²) in [7, 11) is 1.51. The van der Waals surface area contributed by atoms with Crippen molar-refractivity contribution >= 4 is 17.9 Å². The molecule has 7 nitrogen and oxygen atoms in total. The van der Waals surface area contributed by atoms with Gasteiger partial charge in [0.25, 0.3) is 5.91 Å². The Morgan fingerprint density at radius 3 is 2.34 bits per heavy atom. The van der Waals surface area contributed by atoms with E-state index in [1.807, 2.05) is 18.2 Å². The number of hydrogen-bond donors (Lipinski definition) is 2. The van der Waals surface area contributed by atoms with Gasteiger partial charge in [0.05, 0.1) is 0 Å². The molecule has 1 heterocycles. The summed E-state index contributed by atoms with van der Waals surface area (Å²) in [5.41, 5.74) is 2.60. The molecule has 0 radical (unpaired) electrons. The van der Waals surface area contributed by atoms with E-state index in [2.05, 4.69) is 10.6 Å². The molecular formula is C24H28FN3O4. The van der Waals surface area contributed by atoms with Crippen molar-refractivity contribution in [2.45, 2.75) is 51.9 Å². The summed E-state index contributed by atoms with van der Waals surface area (Å²) in [5, 5.41) is 5.19. The van der Waals surface area contributed by atoms with Crippen LogP contribution in [0.3, 0.4) is 0 Å². The summed E-state index contributed by atoms with van der Waals surface area (Å²) in [5.74, 6) is -0.886. The summed E-state index contributed by atoms with van der Waals surface area (Å²) >= 11 is 0. The number of hydrogen-bond acceptors (Lipinski definition) is 4. The summed E-state index contributed by atoms with van der Waals surface area (Å²) in [6.07, 6.45) is -0.388. The molecule has 2 N–H and O–H groups in total. The molecule has 3 rings (SSSR count). The largest absolute Gasteiger partial charge is 0.444 e. The second-order valence-electron chi connectivity index (χ2n) is 8.79. The third-order valence-electron chi connectivity index (χ3n) is 5.07. The Hall–Kier alpha value is -3.42. The highest BCUT2D eigenvalue weighted by Gasteiger charge is 2.27. The molecule has 0 saturated carbocycles. The predicted octanol–water partition coefficient (Wildman–Crippen LogP) is 3.16. The molecule has 32 heavy (non-hydrogen) atoms. The number of amides is 3. The second kappa shape index (κ2) is 9.38. The highest BCUT2D eigenvalue weighted by atomic mass is 19.1. The van der Waals surface area contributed by atoms with Gasteiger partial charge in [-0.25, -0.2) is 9.18 Å². The number of alkyl carbamates (subject to hydrolysis) is 1. The van der Waals surface area contributed by atoms with Crippen molar-refractivity contribution in [1.29, 1.82) is 0 Å². The number of nitrogens with zero attached hydrogens (tertiary/aromatic N) is 1. The molecule has 1 aliphatic heterocycles. The van der Waals surface area contributed by atoms with Crippen molar-refractivity contribution in [2.24, 2.45) is 0 Å². The third kappa shape index (κ3) is 5.84. The summed E-state index contributed by atoms with van der Waals surface area (Å²) in [6.45, 7) is 6.13. The van der Waals surface area contributed by atoms with Crippen molar-refractivity contribution in [1.82, 2.24) is 15.5 Å². The van der Waals surface area contributed by atoms with Crippen LogP contribution in [0.2, 0.25) is 0 Å². The number of nitrogens with one attached hydrogen (secondary N) is 2. The molecule has 0 bridgehead atoms. The lowest BCUT2D eigenvalue weighted by molar-refractivity contribution is -0.122. The first-order valence-corrected chi connectivity index (χ1v) is 10.4. The highest BCUT2D eigenvalue weighted by molar-refractivity contribution is 5.94. The molecule has 2 aromatic rings. The summed E-state index contributed by atoms with van der Waals surface area (Å²) in [6, 6.07) is 10.4. The lowest BCUT2D eigenvalue weighted by atomic mass is 10.0. The van der Waals surface area contributed by atoms with Crippen LogP contribution in [0.4, 0.5) is 9.18 Å². The minimum atomic E-state index is -0.800. The molecule has 0 spiro atoms. The maximum atomic E-state index is 13.1. The smallest absolute Gasteiger partial charge is 0.408 e. The number of rotatable bonds is 5. The van der Waals surface area contributed by atoms with Gasteiger partial charge in [0.1, 0.15) is 17.5 Å². The molecular weight excluding hydrogens is 413 g/mol. The van der Waals surface area contributed by atoms with Crippen LogP contribution in [0.5, 0.6) is 0 Å². The van der Waals surface area contributed by atoms with Crippen LogP contribution in [0.15, 0.2) is 42.5 Å². The maximum absolute atomic E-state index is 13.1. The van der Waals surface area contributed by atoms with Gasteiger partial charge in [-0.15, -0.1) is 0 Å². The lowest BCUT2D eigenvalue weighted by Gasteiger charge is -2.23. The van der Waals surface area contributed by atoms with E-state index in [4.69, 9.17) is 4.74 Å². The van der Waals surface area contributed by atoms with Crippen molar-refractivity contribution in [3.63, 3.8) is 0 Å². The normalized spacial score (nSPS) is 13.8. The molecule has 1 atom stereocenters. The van der Waals surface area contributed by atoms with Gasteiger partial charge in [0.15, 0.2) is 0 Å². The number of ether oxygens (including phenoxy) is 1. The summed E-state index contributed by atoms with van der Waals surface area (Å²) in [4.78, 5) is 38.9. The molecule has 2 aromatic carbocycles. The molecule has 0 unspecified atom stereocenters. The molecule has 170 valence electrons. The fourth-order valence-corrected chi connectivity index (χ4v) is 3.56. The Kier molecular flexibility index (Phi) is 6.81. The van der Waals surface area contributed by atoms with Crippen molar-refractivity contribution < 1.29 is 23.5 Å². The van der Waals surface area contributed by atoms with E-state index in [1.165, 1.54) is 31.3 Å². The predicted molar refractivity (Wildman–Crippen MR) is 117 cm³/mol. The van der Waals surface area contributed by atoms with Gasteiger partial charge >= 0.3 is 6.09 Å². The zero-order chi connectivity index (χ0) is 23.5. The topological polar surface area (TPSA) is 87.7 Å². The first kappa shape index (κ1) is 23.2. The van der Waals surface area contributed by atoms with E-state index in [0.29, 0.717) is 18.7 Å². The van der Waals surface area contributed by atoms with Crippen molar-refractivity contribution in [3.8, 4) is 0 Å². The first-order valence-electron chi connectivity index (χ1n) is 10.4. The third-order valence-corrected chi connectivity index (χ3v) is 5.07. The standard InChI is InChI=1S/C24H28FN3O4/c1-24(2,3)32-23(31)27-20(21(29)26-4)12-15-5-6-17-13-28(14-18(17)11-15)22(30)16-7-9-19(25)10-8-16/h5-11,20H,12-14H2,1-4H3,(H,26,29)(H,27,31)/t20-/m0/s1. The fraction of sp³-hybridized carbons (Fsp3) is 0.375.